The summed E-state index contributed by atoms with van der Waals surface area (Å²) in [7, 11) is -8.54. The van der Waals surface area contributed by atoms with E-state index >= 15 is 0 Å². The molecule has 0 fully saturated rings. The fourth-order valence-corrected chi connectivity index (χ4v) is 2.17. The standard InChI is InChI=1S/2C6H6O4S.Ni/c2*7-5-1-3-6(4-2-5)11(8,9)10;/h2*1-4,7H,(H,8,9,10);/q;;+2/p-2. The third-order valence-electron chi connectivity index (χ3n) is 2.25. The monoisotopic (exact) mass is 404 g/mol. The van der Waals surface area contributed by atoms with Crippen LogP contribution in [0.1, 0.15) is 0 Å². The van der Waals surface area contributed by atoms with Gasteiger partial charge in [0.15, 0.2) is 0 Å². The number of hydrogen-bond acceptors (Lipinski definition) is 7. The van der Waals surface area contributed by atoms with Crippen molar-refractivity contribution in [2.24, 2.45) is 0 Å². The van der Waals surface area contributed by atoms with Crippen LogP contribution in [0.25, 0.3) is 0 Å². The minimum absolute atomic E-state index is 0. The molecule has 2 N–H and O–H groups in total. The van der Waals surface area contributed by atoms with Gasteiger partial charge in [-0.1, -0.05) is 12.1 Å². The van der Waals surface area contributed by atoms with E-state index in [1.54, 1.807) is 0 Å². The van der Waals surface area contributed by atoms with Gasteiger partial charge in [0, 0.05) is 0 Å². The predicted molar refractivity (Wildman–Crippen MR) is 71.8 cm³/mol. The number of aromatic hydroxyl groups is 1. The van der Waals surface area contributed by atoms with Crippen LogP contribution >= 0.6 is 0 Å². The van der Waals surface area contributed by atoms with E-state index < -0.39 is 20.2 Å². The van der Waals surface area contributed by atoms with Crippen LogP contribution in [0.3, 0.4) is 0 Å². The first-order valence-corrected chi connectivity index (χ1v) is 8.34. The first-order chi connectivity index (χ1) is 10.00. The van der Waals surface area contributed by atoms with Gasteiger partial charge in [-0.2, -0.15) is 8.42 Å². The summed E-state index contributed by atoms with van der Waals surface area (Å²) in [5.41, 5.74) is 0. The number of phenolic OH excluding ortho intramolecular Hbond substituents is 1. The maximum Gasteiger partial charge on any atom is 2.00 e. The van der Waals surface area contributed by atoms with Crippen molar-refractivity contribution in [3.05, 3.63) is 48.5 Å². The summed E-state index contributed by atoms with van der Waals surface area (Å²) >= 11 is 0. The second-order valence-electron chi connectivity index (χ2n) is 3.89. The van der Waals surface area contributed by atoms with Gasteiger partial charge in [0.05, 0.1) is 9.79 Å². The van der Waals surface area contributed by atoms with Crippen molar-refractivity contribution in [1.82, 2.24) is 0 Å². The average molecular weight is 405 g/mol. The molecule has 2 aromatic carbocycles. The molecular formula is C12H10NiO8S2. The molecular weight excluding hydrogens is 395 g/mol. The number of hydrogen-bond donors (Lipinski definition) is 2. The zero-order valence-electron chi connectivity index (χ0n) is 11.1. The van der Waals surface area contributed by atoms with Gasteiger partial charge in [0.2, 0.25) is 0 Å². The van der Waals surface area contributed by atoms with Crippen LogP contribution in [0.15, 0.2) is 58.3 Å². The van der Waals surface area contributed by atoms with Crippen molar-refractivity contribution >= 4 is 20.2 Å². The molecule has 2 aromatic rings. The van der Waals surface area contributed by atoms with Gasteiger partial charge in [-0.3, -0.25) is 4.55 Å². The van der Waals surface area contributed by atoms with Crippen LogP contribution in [0.4, 0.5) is 0 Å². The molecule has 0 spiro atoms. The molecule has 2 rings (SSSR count). The zero-order chi connectivity index (χ0) is 17.0. The van der Waals surface area contributed by atoms with E-state index in [0.717, 1.165) is 36.4 Å². The van der Waals surface area contributed by atoms with E-state index in [-0.39, 0.29) is 37.8 Å². The van der Waals surface area contributed by atoms with Gasteiger partial charge in [0.1, 0.15) is 15.9 Å². The van der Waals surface area contributed by atoms with Crippen LogP contribution in [-0.4, -0.2) is 31.0 Å². The van der Waals surface area contributed by atoms with Crippen molar-refractivity contribution in [1.29, 1.82) is 0 Å². The Morgan fingerprint density at radius 3 is 1.52 bits per heavy atom. The van der Waals surface area contributed by atoms with Crippen LogP contribution in [0.2, 0.25) is 0 Å². The average Bonchev–Trinajstić information content (AvgIpc) is 2.38. The smallest absolute Gasteiger partial charge is 0.872 e. The van der Waals surface area contributed by atoms with Crippen molar-refractivity contribution in [2.75, 3.05) is 0 Å². The first-order valence-electron chi connectivity index (χ1n) is 5.49. The molecule has 0 unspecified atom stereocenters. The van der Waals surface area contributed by atoms with E-state index in [0.29, 0.717) is 0 Å². The number of rotatable bonds is 2. The van der Waals surface area contributed by atoms with Crippen molar-refractivity contribution in [2.45, 2.75) is 9.79 Å². The Bertz CT molecular complexity index is 754. The summed E-state index contributed by atoms with van der Waals surface area (Å²) in [6, 6.07) is 8.65. The summed E-state index contributed by atoms with van der Waals surface area (Å²) in [4.78, 5) is -0.604. The Hall–Kier alpha value is -1.65. The maximum absolute atomic E-state index is 10.5. The van der Waals surface area contributed by atoms with Gasteiger partial charge in [-0.25, -0.2) is 8.42 Å². The third-order valence-corrected chi connectivity index (χ3v) is 3.96. The molecule has 0 atom stereocenters. The summed E-state index contributed by atoms with van der Waals surface area (Å²) in [6.07, 6.45) is 0. The molecule has 0 saturated heterocycles. The third kappa shape index (κ3) is 7.44. The Balaban J connectivity index is 0.000000403. The fourth-order valence-electron chi connectivity index (χ4n) is 1.22. The molecule has 8 nitrogen and oxygen atoms in total. The first kappa shape index (κ1) is 21.4. The molecule has 0 aliphatic heterocycles. The van der Waals surface area contributed by atoms with E-state index in [1.807, 2.05) is 0 Å². The van der Waals surface area contributed by atoms with Gasteiger partial charge >= 0.3 is 16.5 Å². The molecule has 11 heteroatoms. The number of benzene rings is 2. The largest absolute Gasteiger partial charge is 2.00 e. The zero-order valence-corrected chi connectivity index (χ0v) is 13.7. The molecule has 0 aliphatic carbocycles. The topological polar surface area (TPSA) is 155 Å². The summed E-state index contributed by atoms with van der Waals surface area (Å²) < 4.78 is 60.2. The Morgan fingerprint density at radius 2 is 1.17 bits per heavy atom. The molecule has 0 amide bonds. The Labute approximate surface area is 142 Å². The van der Waals surface area contributed by atoms with Crippen LogP contribution in [0, 0.1) is 0 Å². The summed E-state index contributed by atoms with van der Waals surface area (Å²) in [5.74, 6) is -0.366. The van der Waals surface area contributed by atoms with Crippen LogP contribution in [-0.2, 0) is 36.7 Å². The van der Waals surface area contributed by atoms with Crippen LogP contribution in [0.5, 0.6) is 11.5 Å². The van der Waals surface area contributed by atoms with Crippen LogP contribution < -0.4 is 5.11 Å². The van der Waals surface area contributed by atoms with Crippen molar-refractivity contribution in [3.63, 3.8) is 0 Å². The van der Waals surface area contributed by atoms with E-state index in [9.17, 15) is 26.5 Å². The van der Waals surface area contributed by atoms with Gasteiger partial charge < -0.3 is 14.8 Å². The van der Waals surface area contributed by atoms with E-state index in [1.165, 1.54) is 12.1 Å². The van der Waals surface area contributed by atoms with E-state index in [2.05, 4.69) is 0 Å². The molecule has 0 bridgehead atoms. The molecule has 0 aromatic heterocycles. The van der Waals surface area contributed by atoms with E-state index in [4.69, 9.17) is 9.66 Å². The minimum atomic E-state index is -4.41. The molecule has 0 saturated carbocycles. The molecule has 0 radical (unpaired) electrons. The molecule has 23 heavy (non-hydrogen) atoms. The number of phenols is 1. The summed E-state index contributed by atoms with van der Waals surface area (Å²) in [6.45, 7) is 0. The Kier molecular flexibility index (Phi) is 7.68. The Morgan fingerprint density at radius 1 is 0.783 bits per heavy atom. The SMILES string of the molecule is O=S(=O)(O)c1ccc(O)cc1.O=S(=O)([O-])c1ccc([O-])cc1.[Ni+2]. The van der Waals surface area contributed by atoms with Gasteiger partial charge in [-0.15, -0.1) is 5.75 Å². The fraction of sp³-hybridized carbons (Fsp3) is 0. The maximum atomic E-state index is 10.5. The van der Waals surface area contributed by atoms with Gasteiger partial charge in [0.25, 0.3) is 10.1 Å². The summed E-state index contributed by atoms with van der Waals surface area (Å²) in [5, 5.41) is 19.2. The normalized spacial score (nSPS) is 10.9. The quantitative estimate of drug-likeness (QED) is 0.534. The minimum Gasteiger partial charge on any atom is -0.872 e. The van der Waals surface area contributed by atoms with Gasteiger partial charge in [-0.05, 0) is 36.4 Å². The molecule has 0 aliphatic rings. The van der Waals surface area contributed by atoms with Crippen molar-refractivity contribution < 1.29 is 52.6 Å². The predicted octanol–water partition coefficient (Wildman–Crippen LogP) is 0.301. The van der Waals surface area contributed by atoms with Crippen molar-refractivity contribution in [3.8, 4) is 11.5 Å². The molecule has 0 heterocycles. The second kappa shape index (κ2) is 8.27. The second-order valence-corrected chi connectivity index (χ2v) is 6.70. The molecule has 128 valence electrons.